The molecule has 0 atom stereocenters. The maximum atomic E-state index is 13.2. The van der Waals surface area contributed by atoms with Gasteiger partial charge in [0.1, 0.15) is 0 Å². The second-order valence-electron chi connectivity index (χ2n) is 5.70. The van der Waals surface area contributed by atoms with Gasteiger partial charge < -0.3 is 4.90 Å². The second-order valence-corrected chi connectivity index (χ2v) is 5.70. The van der Waals surface area contributed by atoms with Crippen molar-refractivity contribution in [3.8, 4) is 0 Å². The van der Waals surface area contributed by atoms with Gasteiger partial charge in [-0.2, -0.15) is 26.3 Å². The first kappa shape index (κ1) is 20.7. The van der Waals surface area contributed by atoms with Crippen molar-refractivity contribution >= 4 is 5.91 Å². The van der Waals surface area contributed by atoms with Crippen LogP contribution in [0, 0.1) is 11.6 Å². The van der Waals surface area contributed by atoms with E-state index in [-0.39, 0.29) is 18.2 Å². The molecule has 0 saturated carbocycles. The Bertz CT molecular complexity index is 825. The molecule has 1 amide bonds. The highest BCUT2D eigenvalue weighted by Crippen LogP contribution is 2.36. The Morgan fingerprint density at radius 1 is 0.852 bits per heavy atom. The third-order valence-electron chi connectivity index (χ3n) is 3.59. The van der Waals surface area contributed by atoms with Gasteiger partial charge in [0.2, 0.25) is 0 Å². The second kappa shape index (κ2) is 7.16. The van der Waals surface area contributed by atoms with Gasteiger partial charge in [-0.3, -0.25) is 4.79 Å². The molecule has 0 unspecified atom stereocenters. The zero-order valence-corrected chi connectivity index (χ0v) is 13.6. The molecule has 2 rings (SSSR count). The fourth-order valence-electron chi connectivity index (χ4n) is 2.28. The van der Waals surface area contributed by atoms with Crippen molar-refractivity contribution in [3.05, 3.63) is 70.3 Å². The van der Waals surface area contributed by atoms with Crippen LogP contribution < -0.4 is 0 Å². The van der Waals surface area contributed by atoms with Gasteiger partial charge in [-0.25, -0.2) is 8.78 Å². The highest BCUT2D eigenvalue weighted by molar-refractivity contribution is 5.94. The summed E-state index contributed by atoms with van der Waals surface area (Å²) < 4.78 is 103. The fraction of sp³-hybridized carbons (Fsp3) is 0.235. The molecular weight excluding hydrogens is 386 g/mol. The Labute approximate surface area is 148 Å². The average molecular weight is 397 g/mol. The third-order valence-corrected chi connectivity index (χ3v) is 3.59. The van der Waals surface area contributed by atoms with Gasteiger partial charge in [0.15, 0.2) is 11.6 Å². The van der Waals surface area contributed by atoms with E-state index in [0.29, 0.717) is 12.1 Å². The van der Waals surface area contributed by atoms with Crippen LogP contribution in [0.2, 0.25) is 0 Å². The van der Waals surface area contributed by atoms with Gasteiger partial charge in [0.25, 0.3) is 5.91 Å². The molecule has 0 fully saturated rings. The molecule has 0 aliphatic rings. The van der Waals surface area contributed by atoms with E-state index in [1.807, 2.05) is 0 Å². The number of benzene rings is 2. The van der Waals surface area contributed by atoms with Crippen molar-refractivity contribution in [1.82, 2.24) is 4.90 Å². The van der Waals surface area contributed by atoms with E-state index in [0.717, 1.165) is 30.1 Å². The summed E-state index contributed by atoms with van der Waals surface area (Å²) >= 11 is 0. The van der Waals surface area contributed by atoms with Crippen LogP contribution in [-0.2, 0) is 18.9 Å². The number of carbonyl (C=O) groups excluding carboxylic acids is 1. The first-order chi connectivity index (χ1) is 12.3. The van der Waals surface area contributed by atoms with E-state index in [1.54, 1.807) is 0 Å². The van der Waals surface area contributed by atoms with Crippen LogP contribution >= 0.6 is 0 Å². The molecule has 27 heavy (non-hydrogen) atoms. The van der Waals surface area contributed by atoms with Crippen molar-refractivity contribution in [2.24, 2.45) is 0 Å². The average Bonchev–Trinajstić information content (AvgIpc) is 2.55. The summed E-state index contributed by atoms with van der Waals surface area (Å²) in [5, 5.41) is 0. The number of halogens is 8. The fourth-order valence-corrected chi connectivity index (χ4v) is 2.28. The standard InChI is InChI=1S/C17H11F8NO/c1-26(8-9-2-3-13(18)14(19)4-9)15(27)10-5-11(16(20,21)22)7-12(6-10)17(23,24)25/h2-7H,8H2,1H3. The molecule has 10 heteroatoms. The van der Waals surface area contributed by atoms with Crippen LogP contribution in [0.4, 0.5) is 35.1 Å². The Morgan fingerprint density at radius 3 is 1.81 bits per heavy atom. The summed E-state index contributed by atoms with van der Waals surface area (Å²) in [5.41, 5.74) is -3.97. The number of alkyl halides is 6. The van der Waals surface area contributed by atoms with Crippen molar-refractivity contribution in [1.29, 1.82) is 0 Å². The molecular formula is C17H11F8NO. The maximum Gasteiger partial charge on any atom is 0.416 e. The van der Waals surface area contributed by atoms with Crippen molar-refractivity contribution < 1.29 is 39.9 Å². The van der Waals surface area contributed by atoms with Gasteiger partial charge in [-0.15, -0.1) is 0 Å². The molecule has 146 valence electrons. The molecule has 2 aromatic rings. The van der Waals surface area contributed by atoms with Gasteiger partial charge in [0, 0.05) is 19.2 Å². The normalized spacial score (nSPS) is 12.2. The number of hydrogen-bond donors (Lipinski definition) is 0. The monoisotopic (exact) mass is 397 g/mol. The van der Waals surface area contributed by atoms with Crippen LogP contribution in [-0.4, -0.2) is 17.9 Å². The van der Waals surface area contributed by atoms with E-state index >= 15 is 0 Å². The molecule has 0 N–H and O–H groups in total. The number of amides is 1. The molecule has 0 bridgehead atoms. The minimum Gasteiger partial charge on any atom is -0.337 e. The summed E-state index contributed by atoms with van der Waals surface area (Å²) in [6.45, 7) is -0.354. The first-order valence-corrected chi connectivity index (χ1v) is 7.28. The SMILES string of the molecule is CN(Cc1ccc(F)c(F)c1)C(=O)c1cc(C(F)(F)F)cc(C(F)(F)F)c1. The topological polar surface area (TPSA) is 20.3 Å². The molecule has 0 spiro atoms. The highest BCUT2D eigenvalue weighted by atomic mass is 19.4. The van der Waals surface area contributed by atoms with Crippen LogP contribution in [0.3, 0.4) is 0 Å². The van der Waals surface area contributed by atoms with Crippen LogP contribution in [0.5, 0.6) is 0 Å². The zero-order valence-electron chi connectivity index (χ0n) is 13.6. The van der Waals surface area contributed by atoms with E-state index in [4.69, 9.17) is 0 Å². The largest absolute Gasteiger partial charge is 0.416 e. The summed E-state index contributed by atoms with van der Waals surface area (Å²) in [6, 6.07) is 3.21. The van der Waals surface area contributed by atoms with Gasteiger partial charge in [0.05, 0.1) is 11.1 Å². The minimum atomic E-state index is -5.09. The van der Waals surface area contributed by atoms with E-state index in [9.17, 15) is 39.9 Å². The Kier molecular flexibility index (Phi) is 5.48. The first-order valence-electron chi connectivity index (χ1n) is 7.28. The number of rotatable bonds is 3. The lowest BCUT2D eigenvalue weighted by Crippen LogP contribution is -2.27. The molecule has 0 aliphatic carbocycles. The molecule has 0 aromatic heterocycles. The molecule has 2 nitrogen and oxygen atoms in total. The minimum absolute atomic E-state index is 0.0911. The molecule has 0 saturated heterocycles. The predicted octanol–water partition coefficient (Wildman–Crippen LogP) is 5.27. The van der Waals surface area contributed by atoms with Crippen LogP contribution in [0.1, 0.15) is 27.0 Å². The van der Waals surface area contributed by atoms with Gasteiger partial charge in [-0.05, 0) is 35.9 Å². The number of carbonyl (C=O) groups is 1. The zero-order chi connectivity index (χ0) is 20.6. The third kappa shape index (κ3) is 4.95. The summed E-state index contributed by atoms with van der Waals surface area (Å²) in [7, 11) is 1.11. The summed E-state index contributed by atoms with van der Waals surface area (Å²) in [4.78, 5) is 13.1. The molecule has 0 aliphatic heterocycles. The van der Waals surface area contributed by atoms with Gasteiger partial charge >= 0.3 is 12.4 Å². The summed E-state index contributed by atoms with van der Waals surface area (Å²) in [5.74, 6) is -3.48. The Hall–Kier alpha value is -2.65. The Balaban J connectivity index is 2.37. The van der Waals surface area contributed by atoms with Crippen molar-refractivity contribution in [2.75, 3.05) is 7.05 Å². The molecule has 2 aromatic carbocycles. The van der Waals surface area contributed by atoms with Crippen molar-refractivity contribution in [3.63, 3.8) is 0 Å². The summed E-state index contributed by atoms with van der Waals surface area (Å²) in [6.07, 6.45) is -10.2. The highest BCUT2D eigenvalue weighted by Gasteiger charge is 2.37. The smallest absolute Gasteiger partial charge is 0.337 e. The molecule has 0 heterocycles. The molecule has 0 radical (unpaired) electrons. The van der Waals surface area contributed by atoms with E-state index in [2.05, 4.69) is 0 Å². The number of nitrogens with zero attached hydrogens (tertiary/aromatic N) is 1. The van der Waals surface area contributed by atoms with E-state index in [1.165, 1.54) is 0 Å². The van der Waals surface area contributed by atoms with Gasteiger partial charge in [-0.1, -0.05) is 6.07 Å². The predicted molar refractivity (Wildman–Crippen MR) is 78.6 cm³/mol. The lowest BCUT2D eigenvalue weighted by molar-refractivity contribution is -0.143. The van der Waals surface area contributed by atoms with Crippen molar-refractivity contribution in [2.45, 2.75) is 18.9 Å². The van der Waals surface area contributed by atoms with E-state index < -0.39 is 46.6 Å². The quantitative estimate of drug-likeness (QED) is 0.646. The number of hydrogen-bond acceptors (Lipinski definition) is 1. The van der Waals surface area contributed by atoms with Crippen LogP contribution in [0.25, 0.3) is 0 Å². The van der Waals surface area contributed by atoms with Crippen LogP contribution in [0.15, 0.2) is 36.4 Å². The lowest BCUT2D eigenvalue weighted by Gasteiger charge is -2.19. The lowest BCUT2D eigenvalue weighted by atomic mass is 10.0. The Morgan fingerprint density at radius 2 is 1.37 bits per heavy atom. The maximum absolute atomic E-state index is 13.2.